The van der Waals surface area contributed by atoms with Gasteiger partial charge in [0.15, 0.2) is 0 Å². The first kappa shape index (κ1) is 16.3. The molecule has 41 valence electrons. The van der Waals surface area contributed by atoms with E-state index in [1.165, 1.54) is 0 Å². The number of carbonyl (C=O) groups excluding carboxylic acids is 1. The minimum Gasteiger partial charge on any atom is -0.652 e. The van der Waals surface area contributed by atoms with Crippen LogP contribution in [0, 0.1) is 0 Å². The van der Waals surface area contributed by atoms with Crippen molar-refractivity contribution in [2.24, 2.45) is 0 Å². The van der Waals surface area contributed by atoms with Crippen LogP contribution in [-0.2, 0) is 22.4 Å². The Morgan fingerprint density at radius 1 is 1.33 bits per heavy atom. The molecule has 0 spiro atoms. The molecule has 1 radical (unpaired) electrons. The van der Waals surface area contributed by atoms with E-state index in [2.05, 4.69) is 0 Å². The van der Waals surface area contributed by atoms with Gasteiger partial charge in [-0.25, -0.2) is 0 Å². The summed E-state index contributed by atoms with van der Waals surface area (Å²) in [6.07, 6.45) is -2.33. The summed E-state index contributed by atoms with van der Waals surface area (Å²) >= 11 is 0. The molecule has 0 rings (SSSR count). The van der Waals surface area contributed by atoms with Crippen LogP contribution in [0.1, 0.15) is 0 Å². The summed E-state index contributed by atoms with van der Waals surface area (Å²) in [5.74, 6) is 0. The first-order chi connectivity index (χ1) is 1.73. The van der Waals surface area contributed by atoms with E-state index in [1.54, 1.807) is 0 Å². The summed E-state index contributed by atoms with van der Waals surface area (Å²) in [6, 6.07) is 0. The van der Waals surface area contributed by atoms with Crippen molar-refractivity contribution in [3.8, 4) is 0 Å². The summed E-state index contributed by atoms with van der Waals surface area (Å²) in [4.78, 5) is 8.33. The average molecular weight is 204 g/mol. The maximum atomic E-state index is 8.33. The van der Waals surface area contributed by atoms with Crippen molar-refractivity contribution in [3.63, 3.8) is 0 Å². The van der Waals surface area contributed by atoms with Crippen LogP contribution in [-0.4, -0.2) is 6.16 Å². The second-order valence-electron chi connectivity index (χ2n) is 0.250. The third kappa shape index (κ3) is 520. The third-order valence-electron chi connectivity index (χ3n) is 0. The van der Waals surface area contributed by atoms with Crippen molar-refractivity contribution in [2.45, 2.75) is 0 Å². The van der Waals surface area contributed by atoms with Crippen LogP contribution in [0.2, 0.25) is 0 Å². The van der Waals surface area contributed by atoms with Gasteiger partial charge in [0.05, 0.1) is 0 Å². The Balaban J connectivity index is -0.0000000450. The molecule has 0 heterocycles. The van der Waals surface area contributed by atoms with Gasteiger partial charge in [0.25, 0.3) is 0 Å². The van der Waals surface area contributed by atoms with Crippen molar-refractivity contribution >= 4 is 18.6 Å². The second-order valence-corrected chi connectivity index (χ2v) is 0.250. The van der Waals surface area contributed by atoms with Gasteiger partial charge in [0.1, 0.15) is 0 Å². The molecule has 0 bridgehead atoms. The molecule has 0 saturated carbocycles. The van der Waals surface area contributed by atoms with E-state index in [1.807, 2.05) is 0 Å². The molecule has 0 aliphatic heterocycles. The molecule has 3 nitrogen and oxygen atoms in total. The van der Waals surface area contributed by atoms with E-state index in [-0.39, 0.29) is 34.8 Å². The molecule has 0 N–H and O–H groups in total. The molecule has 0 fully saturated rings. The monoisotopic (exact) mass is 203 g/mol. The number of hydrogen-bond donors (Lipinski definition) is 0. The SMILES string of the molecule is Cl.O=C([O-])[O-].[Ag+2]. The maximum absolute atomic E-state index is 8.33. The van der Waals surface area contributed by atoms with Crippen LogP contribution >= 0.6 is 12.4 Å². The fraction of sp³-hybridized carbons (Fsp3) is 0. The van der Waals surface area contributed by atoms with Gasteiger partial charge in [-0.3, -0.25) is 0 Å². The van der Waals surface area contributed by atoms with Crippen molar-refractivity contribution in [1.82, 2.24) is 0 Å². The van der Waals surface area contributed by atoms with E-state index in [9.17, 15) is 0 Å². The second kappa shape index (κ2) is 9.00. The zero-order valence-corrected chi connectivity index (χ0v) is 4.73. The first-order valence-corrected chi connectivity index (χ1v) is 0.612. The predicted molar refractivity (Wildman–Crippen MR) is 12.6 cm³/mol. The van der Waals surface area contributed by atoms with Gasteiger partial charge in [-0.05, 0) is 6.16 Å². The van der Waals surface area contributed by atoms with Gasteiger partial charge < -0.3 is 15.0 Å². The molecule has 0 saturated heterocycles. The quantitative estimate of drug-likeness (QED) is 0.428. The maximum Gasteiger partial charge on any atom is 2.00 e. The van der Waals surface area contributed by atoms with Crippen LogP contribution in [0.15, 0.2) is 0 Å². The Morgan fingerprint density at radius 3 is 1.33 bits per heavy atom. The van der Waals surface area contributed by atoms with Crippen LogP contribution in [0.4, 0.5) is 4.79 Å². The molecule has 0 atom stereocenters. The van der Waals surface area contributed by atoms with Gasteiger partial charge in [-0.2, -0.15) is 0 Å². The van der Waals surface area contributed by atoms with Gasteiger partial charge >= 0.3 is 22.4 Å². The largest absolute Gasteiger partial charge is 2.00 e. The molecule has 0 aromatic carbocycles. The van der Waals surface area contributed by atoms with Gasteiger partial charge in [0, 0.05) is 0 Å². The van der Waals surface area contributed by atoms with Crippen LogP contribution in [0.3, 0.4) is 0 Å². The Hall–Kier alpha value is 0.300. The molecule has 0 aliphatic rings. The fourth-order valence-corrected chi connectivity index (χ4v) is 0. The Morgan fingerprint density at radius 2 is 1.33 bits per heavy atom. The molecular formula is CHAgClO3. The average Bonchev–Trinajstić information content (AvgIpc) is 0.811. The number of halogens is 1. The molecular weight excluding hydrogens is 203 g/mol. The number of rotatable bonds is 0. The summed E-state index contributed by atoms with van der Waals surface area (Å²) in [7, 11) is 0. The summed E-state index contributed by atoms with van der Waals surface area (Å²) in [5, 5.41) is 16.7. The van der Waals surface area contributed by atoms with E-state index < -0.39 is 6.16 Å². The van der Waals surface area contributed by atoms with Crippen LogP contribution in [0.25, 0.3) is 0 Å². The zero-order chi connectivity index (χ0) is 3.58. The van der Waals surface area contributed by atoms with Gasteiger partial charge in [-0.1, -0.05) is 0 Å². The Labute approximate surface area is 56.3 Å². The summed E-state index contributed by atoms with van der Waals surface area (Å²) in [6.45, 7) is 0. The number of carboxylic acid groups (broad SMARTS) is 2. The van der Waals surface area contributed by atoms with Gasteiger partial charge in [0.2, 0.25) is 0 Å². The standard InChI is InChI=1S/CH2O3.Ag.ClH/c2-1(3)4;;/h(H2,2,3,4);;1H/q;+2;/p-2. The molecule has 6 heavy (non-hydrogen) atoms. The van der Waals surface area contributed by atoms with Crippen LogP contribution in [0.5, 0.6) is 0 Å². The van der Waals surface area contributed by atoms with E-state index in [4.69, 9.17) is 15.0 Å². The number of hydrogen-bond acceptors (Lipinski definition) is 3. The fourth-order valence-electron chi connectivity index (χ4n) is 0. The smallest absolute Gasteiger partial charge is 0.652 e. The van der Waals surface area contributed by atoms with Crippen molar-refractivity contribution in [2.75, 3.05) is 0 Å². The van der Waals surface area contributed by atoms with Crippen LogP contribution < -0.4 is 10.2 Å². The molecule has 5 heteroatoms. The van der Waals surface area contributed by atoms with Crippen molar-refractivity contribution < 1.29 is 37.4 Å². The third-order valence-corrected chi connectivity index (χ3v) is 0. The predicted octanol–water partition coefficient (Wildman–Crippen LogP) is -2.03. The summed E-state index contributed by atoms with van der Waals surface area (Å²) in [5.41, 5.74) is 0. The Kier molecular flexibility index (Phi) is 24.4. The van der Waals surface area contributed by atoms with E-state index in [0.717, 1.165) is 0 Å². The minimum absolute atomic E-state index is 0. The Bertz CT molecular complexity index is 33.8. The van der Waals surface area contributed by atoms with E-state index in [0.29, 0.717) is 0 Å². The van der Waals surface area contributed by atoms with Crippen molar-refractivity contribution in [3.05, 3.63) is 0 Å². The number of carbonyl (C=O) groups is 1. The molecule has 0 aromatic heterocycles. The molecule has 0 aliphatic carbocycles. The molecule has 0 unspecified atom stereocenters. The zero-order valence-electron chi connectivity index (χ0n) is 2.43. The van der Waals surface area contributed by atoms with Crippen molar-refractivity contribution in [1.29, 1.82) is 0 Å². The van der Waals surface area contributed by atoms with E-state index >= 15 is 0 Å². The molecule has 0 aromatic rings. The minimum atomic E-state index is -2.33. The molecule has 0 amide bonds. The summed E-state index contributed by atoms with van der Waals surface area (Å²) < 4.78 is 0. The first-order valence-electron chi connectivity index (χ1n) is 0.612. The van der Waals surface area contributed by atoms with Gasteiger partial charge in [-0.15, -0.1) is 12.4 Å². The topological polar surface area (TPSA) is 63.2 Å². The normalized spacial score (nSPS) is 4.00.